The van der Waals surface area contributed by atoms with Crippen molar-refractivity contribution in [1.82, 2.24) is 9.80 Å². The first-order valence-electron chi connectivity index (χ1n) is 6.02. The van der Waals surface area contributed by atoms with Crippen LogP contribution in [0.25, 0.3) is 0 Å². The van der Waals surface area contributed by atoms with E-state index in [-0.39, 0.29) is 18.4 Å². The summed E-state index contributed by atoms with van der Waals surface area (Å²) in [5, 5.41) is 1.81. The molecule has 2 amide bonds. The summed E-state index contributed by atoms with van der Waals surface area (Å²) in [4.78, 5) is 27.9. The van der Waals surface area contributed by atoms with E-state index in [4.69, 9.17) is 10.5 Å². The largest absolute Gasteiger partial charge is 0.397 e. The van der Waals surface area contributed by atoms with Gasteiger partial charge in [0.15, 0.2) is 0 Å². The quantitative estimate of drug-likeness (QED) is 0.863. The van der Waals surface area contributed by atoms with Crippen LogP contribution in [0.3, 0.4) is 0 Å². The molecule has 6 nitrogen and oxygen atoms in total. The van der Waals surface area contributed by atoms with Gasteiger partial charge in [-0.3, -0.25) is 9.59 Å². The van der Waals surface area contributed by atoms with Crippen molar-refractivity contribution in [2.24, 2.45) is 0 Å². The molecule has 7 heteroatoms. The van der Waals surface area contributed by atoms with Crippen LogP contribution in [0.5, 0.6) is 0 Å². The molecule has 0 radical (unpaired) electrons. The van der Waals surface area contributed by atoms with E-state index in [0.717, 1.165) is 0 Å². The van der Waals surface area contributed by atoms with Crippen LogP contribution in [0.15, 0.2) is 11.4 Å². The molecule has 0 unspecified atom stereocenters. The maximum absolute atomic E-state index is 12.2. The number of nitrogen functional groups attached to an aromatic ring is 1. The first-order chi connectivity index (χ1) is 9.13. The molecule has 1 fully saturated rings. The summed E-state index contributed by atoms with van der Waals surface area (Å²) in [6.45, 7) is 2.24. The van der Waals surface area contributed by atoms with Crippen molar-refractivity contribution >= 4 is 28.8 Å². The average molecular weight is 283 g/mol. The summed E-state index contributed by atoms with van der Waals surface area (Å²) in [5.41, 5.74) is 6.27. The van der Waals surface area contributed by atoms with Crippen LogP contribution >= 0.6 is 11.3 Å². The van der Waals surface area contributed by atoms with E-state index in [1.807, 2.05) is 0 Å². The predicted octanol–water partition coefficient (Wildman–Crippen LogP) is 0.261. The van der Waals surface area contributed by atoms with Gasteiger partial charge in [0, 0.05) is 33.3 Å². The Morgan fingerprint density at radius 2 is 1.95 bits per heavy atom. The summed E-state index contributed by atoms with van der Waals surface area (Å²) in [5.74, 6) is -0.0865. The molecule has 0 spiro atoms. The average Bonchev–Trinajstić information content (AvgIpc) is 2.84. The zero-order valence-corrected chi connectivity index (χ0v) is 11.6. The molecule has 19 heavy (non-hydrogen) atoms. The summed E-state index contributed by atoms with van der Waals surface area (Å²) in [6.07, 6.45) is 0. The zero-order chi connectivity index (χ0) is 13.8. The van der Waals surface area contributed by atoms with Crippen molar-refractivity contribution in [2.75, 3.05) is 45.6 Å². The van der Waals surface area contributed by atoms with E-state index in [1.165, 1.54) is 18.4 Å². The van der Waals surface area contributed by atoms with Gasteiger partial charge < -0.3 is 20.3 Å². The number of piperazine rings is 1. The number of nitrogens with zero attached hydrogens (tertiary/aromatic N) is 2. The second kappa shape index (κ2) is 6.03. The Kier molecular flexibility index (Phi) is 4.39. The van der Waals surface area contributed by atoms with Crippen LogP contribution in [-0.2, 0) is 9.53 Å². The van der Waals surface area contributed by atoms with Gasteiger partial charge in [-0.2, -0.15) is 0 Å². The molecule has 0 atom stereocenters. The topological polar surface area (TPSA) is 75.9 Å². The molecule has 1 aromatic heterocycles. The Balaban J connectivity index is 1.92. The van der Waals surface area contributed by atoms with Crippen molar-refractivity contribution in [1.29, 1.82) is 0 Å². The van der Waals surface area contributed by atoms with E-state index in [1.54, 1.807) is 21.2 Å². The molecule has 2 N–H and O–H groups in total. The van der Waals surface area contributed by atoms with Gasteiger partial charge in [0.2, 0.25) is 5.91 Å². The minimum Gasteiger partial charge on any atom is -0.397 e. The first kappa shape index (κ1) is 13.8. The molecule has 2 rings (SSSR count). The number of rotatable bonds is 3. The van der Waals surface area contributed by atoms with Crippen molar-refractivity contribution in [3.63, 3.8) is 0 Å². The van der Waals surface area contributed by atoms with Crippen molar-refractivity contribution in [3.05, 3.63) is 16.3 Å². The number of hydrogen-bond donors (Lipinski definition) is 1. The van der Waals surface area contributed by atoms with E-state index >= 15 is 0 Å². The Labute approximate surface area is 115 Å². The van der Waals surface area contributed by atoms with E-state index in [0.29, 0.717) is 36.7 Å². The molecule has 1 saturated heterocycles. The maximum atomic E-state index is 12.2. The fourth-order valence-corrected chi connectivity index (χ4v) is 2.80. The Morgan fingerprint density at radius 1 is 1.32 bits per heavy atom. The summed E-state index contributed by atoms with van der Waals surface area (Å²) in [6, 6.07) is 1.73. The molecular weight excluding hydrogens is 266 g/mol. The van der Waals surface area contributed by atoms with Crippen molar-refractivity contribution in [2.45, 2.75) is 0 Å². The lowest BCUT2D eigenvalue weighted by Gasteiger charge is -2.34. The summed E-state index contributed by atoms with van der Waals surface area (Å²) < 4.78 is 4.82. The number of ether oxygens (including phenoxy) is 1. The fourth-order valence-electron chi connectivity index (χ4n) is 2.01. The first-order valence-corrected chi connectivity index (χ1v) is 6.90. The number of anilines is 1. The minimum atomic E-state index is -0.0497. The smallest absolute Gasteiger partial charge is 0.266 e. The molecule has 104 valence electrons. The molecule has 0 aromatic carbocycles. The lowest BCUT2D eigenvalue weighted by atomic mass is 10.2. The lowest BCUT2D eigenvalue weighted by Crippen LogP contribution is -2.51. The minimum absolute atomic E-state index is 0.0368. The van der Waals surface area contributed by atoms with Gasteiger partial charge >= 0.3 is 0 Å². The van der Waals surface area contributed by atoms with Crippen molar-refractivity contribution in [3.8, 4) is 0 Å². The van der Waals surface area contributed by atoms with E-state index in [2.05, 4.69) is 0 Å². The maximum Gasteiger partial charge on any atom is 0.266 e. The van der Waals surface area contributed by atoms with Gasteiger partial charge in [0.1, 0.15) is 11.5 Å². The second-order valence-corrected chi connectivity index (χ2v) is 5.23. The Bertz CT molecular complexity index is 467. The number of methoxy groups -OCH3 is 1. The predicted molar refractivity (Wildman–Crippen MR) is 73.1 cm³/mol. The third kappa shape index (κ3) is 3.05. The highest BCUT2D eigenvalue weighted by molar-refractivity contribution is 7.12. The standard InChI is InChI=1S/C12H17N3O3S/c1-18-8-10(16)14-3-5-15(6-4-14)12(17)11-9(13)2-7-19-11/h2,7H,3-6,8,13H2,1H3. The molecule has 0 bridgehead atoms. The Hall–Kier alpha value is -1.60. The zero-order valence-electron chi connectivity index (χ0n) is 10.8. The third-order valence-electron chi connectivity index (χ3n) is 3.08. The number of carbonyl (C=O) groups excluding carboxylic acids is 2. The lowest BCUT2D eigenvalue weighted by molar-refractivity contribution is -0.136. The van der Waals surface area contributed by atoms with Crippen molar-refractivity contribution < 1.29 is 14.3 Å². The highest BCUT2D eigenvalue weighted by Gasteiger charge is 2.26. The molecule has 2 heterocycles. The van der Waals surface area contributed by atoms with Crippen LogP contribution in [-0.4, -0.2) is 61.5 Å². The van der Waals surface area contributed by atoms with E-state index < -0.39 is 0 Å². The number of amides is 2. The molecule has 1 aromatic rings. The SMILES string of the molecule is COCC(=O)N1CCN(C(=O)c2sccc2N)CC1. The molecule has 0 saturated carbocycles. The van der Waals surface area contributed by atoms with Crippen LogP contribution in [0.4, 0.5) is 5.69 Å². The van der Waals surface area contributed by atoms with Crippen LogP contribution in [0, 0.1) is 0 Å². The summed E-state index contributed by atoms with van der Waals surface area (Å²) >= 11 is 1.35. The van der Waals surface area contributed by atoms with Gasteiger partial charge in [0.05, 0.1) is 5.69 Å². The number of carbonyl (C=O) groups is 2. The highest BCUT2D eigenvalue weighted by Crippen LogP contribution is 2.21. The highest BCUT2D eigenvalue weighted by atomic mass is 32.1. The number of hydrogen-bond acceptors (Lipinski definition) is 5. The molecule has 1 aliphatic heterocycles. The van der Waals surface area contributed by atoms with Gasteiger partial charge in [-0.25, -0.2) is 0 Å². The van der Waals surface area contributed by atoms with Gasteiger partial charge in [-0.1, -0.05) is 0 Å². The molecule has 1 aliphatic rings. The van der Waals surface area contributed by atoms with Crippen LogP contribution in [0.2, 0.25) is 0 Å². The second-order valence-electron chi connectivity index (χ2n) is 4.31. The fraction of sp³-hybridized carbons (Fsp3) is 0.500. The van der Waals surface area contributed by atoms with Gasteiger partial charge in [0.25, 0.3) is 5.91 Å². The summed E-state index contributed by atoms with van der Waals surface area (Å²) in [7, 11) is 1.50. The van der Waals surface area contributed by atoms with Gasteiger partial charge in [-0.15, -0.1) is 11.3 Å². The monoisotopic (exact) mass is 283 g/mol. The van der Waals surface area contributed by atoms with Crippen LogP contribution in [0.1, 0.15) is 9.67 Å². The third-order valence-corrected chi connectivity index (χ3v) is 4.00. The van der Waals surface area contributed by atoms with E-state index in [9.17, 15) is 9.59 Å². The normalized spacial score (nSPS) is 15.6. The van der Waals surface area contributed by atoms with Crippen LogP contribution < -0.4 is 5.73 Å². The Morgan fingerprint density at radius 3 is 2.47 bits per heavy atom. The number of thiophene rings is 1. The molecular formula is C12H17N3O3S. The molecule has 0 aliphatic carbocycles. The van der Waals surface area contributed by atoms with Gasteiger partial charge in [-0.05, 0) is 11.4 Å². The number of nitrogens with two attached hydrogens (primary N) is 1.